The third-order valence-electron chi connectivity index (χ3n) is 4.91. The number of likely N-dealkylation sites (tertiary alicyclic amines) is 1. The van der Waals surface area contributed by atoms with Crippen LogP contribution in [0.1, 0.15) is 49.6 Å². The van der Waals surface area contributed by atoms with Crippen molar-refractivity contribution in [3.05, 3.63) is 16.1 Å². The van der Waals surface area contributed by atoms with Gasteiger partial charge in [-0.3, -0.25) is 9.69 Å². The Kier molecular flexibility index (Phi) is 3.82. The number of nitrogens with zero attached hydrogens (tertiary/aromatic N) is 2. The van der Waals surface area contributed by atoms with E-state index in [-0.39, 0.29) is 11.4 Å². The van der Waals surface area contributed by atoms with Crippen LogP contribution < -0.4 is 5.32 Å². The Bertz CT molecular complexity index is 501. The molecule has 110 valence electrons. The first-order valence-corrected chi connectivity index (χ1v) is 8.46. The van der Waals surface area contributed by atoms with Crippen molar-refractivity contribution in [1.29, 1.82) is 0 Å². The van der Waals surface area contributed by atoms with Crippen molar-refractivity contribution >= 4 is 17.2 Å². The number of aryl methyl sites for hydroxylation is 1. The Hall–Kier alpha value is -0.940. The summed E-state index contributed by atoms with van der Waals surface area (Å²) in [5.74, 6) is 0.235. The number of nitrogens with one attached hydrogen (secondary N) is 1. The SMILES string of the molecule is CC[C@H]1N(Cc2scnc2C)CCC[C@@]12CCC(=O)N2. The Morgan fingerprint density at radius 3 is 3.00 bits per heavy atom. The molecule has 1 aromatic rings. The smallest absolute Gasteiger partial charge is 0.220 e. The highest BCUT2D eigenvalue weighted by molar-refractivity contribution is 7.09. The van der Waals surface area contributed by atoms with Crippen LogP contribution in [0.25, 0.3) is 0 Å². The predicted octanol–water partition coefficient (Wildman–Crippen LogP) is 2.47. The van der Waals surface area contributed by atoms with Gasteiger partial charge < -0.3 is 5.32 Å². The van der Waals surface area contributed by atoms with Gasteiger partial charge in [-0.05, 0) is 39.2 Å². The zero-order valence-electron chi connectivity index (χ0n) is 12.3. The van der Waals surface area contributed by atoms with E-state index in [0.29, 0.717) is 12.5 Å². The Labute approximate surface area is 124 Å². The average Bonchev–Trinajstić information content (AvgIpc) is 2.98. The van der Waals surface area contributed by atoms with E-state index in [1.54, 1.807) is 11.3 Å². The molecule has 2 fully saturated rings. The van der Waals surface area contributed by atoms with E-state index in [1.807, 2.05) is 5.51 Å². The molecule has 1 aromatic heterocycles. The second kappa shape index (κ2) is 5.45. The highest BCUT2D eigenvalue weighted by Crippen LogP contribution is 2.38. The maximum Gasteiger partial charge on any atom is 0.220 e. The first kappa shape index (κ1) is 14.0. The van der Waals surface area contributed by atoms with Crippen molar-refractivity contribution in [2.24, 2.45) is 0 Å². The van der Waals surface area contributed by atoms with E-state index in [9.17, 15) is 4.79 Å². The van der Waals surface area contributed by atoms with Crippen molar-refractivity contribution in [3.63, 3.8) is 0 Å². The van der Waals surface area contributed by atoms with E-state index in [0.717, 1.165) is 38.0 Å². The quantitative estimate of drug-likeness (QED) is 0.931. The van der Waals surface area contributed by atoms with Crippen LogP contribution in [0.5, 0.6) is 0 Å². The van der Waals surface area contributed by atoms with Crippen LogP contribution >= 0.6 is 11.3 Å². The van der Waals surface area contributed by atoms with Gasteiger partial charge in [0.05, 0.1) is 16.7 Å². The lowest BCUT2D eigenvalue weighted by Gasteiger charge is -2.48. The number of amides is 1. The molecule has 0 radical (unpaired) electrons. The van der Waals surface area contributed by atoms with Gasteiger partial charge in [0.2, 0.25) is 5.91 Å². The number of rotatable bonds is 3. The fourth-order valence-corrected chi connectivity index (χ4v) is 4.75. The summed E-state index contributed by atoms with van der Waals surface area (Å²) in [4.78, 5) is 20.0. The van der Waals surface area contributed by atoms with Crippen LogP contribution in [0.2, 0.25) is 0 Å². The lowest BCUT2D eigenvalue weighted by Crippen LogP contribution is -2.61. The third-order valence-corrected chi connectivity index (χ3v) is 5.83. The number of carbonyl (C=O) groups excluding carboxylic acids is 1. The number of thiazole rings is 1. The summed E-state index contributed by atoms with van der Waals surface area (Å²) < 4.78 is 0. The molecule has 1 N–H and O–H groups in total. The summed E-state index contributed by atoms with van der Waals surface area (Å²) in [6.45, 7) is 6.44. The summed E-state index contributed by atoms with van der Waals surface area (Å²) in [6, 6.07) is 0.462. The molecule has 0 unspecified atom stereocenters. The highest BCUT2D eigenvalue weighted by atomic mass is 32.1. The molecule has 20 heavy (non-hydrogen) atoms. The zero-order valence-corrected chi connectivity index (χ0v) is 13.1. The molecule has 2 atom stereocenters. The van der Waals surface area contributed by atoms with Crippen LogP contribution in [-0.2, 0) is 11.3 Å². The predicted molar refractivity (Wildman–Crippen MR) is 80.7 cm³/mol. The van der Waals surface area contributed by atoms with Gasteiger partial charge in [-0.15, -0.1) is 11.3 Å². The minimum atomic E-state index is 0.0304. The average molecular weight is 293 g/mol. The molecule has 0 bridgehead atoms. The number of carbonyl (C=O) groups is 1. The van der Waals surface area contributed by atoms with E-state index in [1.165, 1.54) is 11.3 Å². The topological polar surface area (TPSA) is 45.2 Å². The summed E-state index contributed by atoms with van der Waals surface area (Å²) in [6.07, 6.45) is 5.11. The second-order valence-electron chi connectivity index (χ2n) is 6.06. The molecule has 0 aromatic carbocycles. The first-order chi connectivity index (χ1) is 9.64. The molecule has 0 saturated carbocycles. The van der Waals surface area contributed by atoms with Gasteiger partial charge in [-0.25, -0.2) is 4.98 Å². The molecule has 1 spiro atoms. The summed E-state index contributed by atoms with van der Waals surface area (Å²) in [5, 5.41) is 3.30. The molecule has 3 heterocycles. The fourth-order valence-electron chi connectivity index (χ4n) is 3.95. The Morgan fingerprint density at radius 2 is 2.40 bits per heavy atom. The fraction of sp³-hybridized carbons (Fsp3) is 0.733. The molecule has 1 amide bonds. The standard InChI is InChI=1S/C15H23N3OS/c1-3-13-15(7-5-14(19)17-15)6-4-8-18(13)9-12-11(2)16-10-20-12/h10,13H,3-9H2,1-2H3,(H,17,19)/t13-,15-/m1/s1. The number of piperidine rings is 1. The van der Waals surface area contributed by atoms with Gasteiger partial charge in [0, 0.05) is 23.9 Å². The molecule has 2 saturated heterocycles. The van der Waals surface area contributed by atoms with Gasteiger partial charge in [0.1, 0.15) is 0 Å². The zero-order chi connectivity index (χ0) is 14.2. The molecule has 4 nitrogen and oxygen atoms in total. The lowest BCUT2D eigenvalue weighted by molar-refractivity contribution is -0.120. The largest absolute Gasteiger partial charge is 0.349 e. The summed E-state index contributed by atoms with van der Waals surface area (Å²) in [7, 11) is 0. The van der Waals surface area contributed by atoms with Gasteiger partial charge in [-0.2, -0.15) is 0 Å². The third kappa shape index (κ3) is 2.37. The van der Waals surface area contributed by atoms with Crippen LogP contribution in [0.15, 0.2) is 5.51 Å². The van der Waals surface area contributed by atoms with Gasteiger partial charge in [0.15, 0.2) is 0 Å². The van der Waals surface area contributed by atoms with Crippen LogP contribution in [0.4, 0.5) is 0 Å². The van der Waals surface area contributed by atoms with Crippen LogP contribution in [0, 0.1) is 6.92 Å². The van der Waals surface area contributed by atoms with Crippen molar-refractivity contribution in [3.8, 4) is 0 Å². The summed E-state index contributed by atoms with van der Waals surface area (Å²) in [5.41, 5.74) is 3.12. The van der Waals surface area contributed by atoms with Crippen molar-refractivity contribution in [2.75, 3.05) is 6.54 Å². The molecular weight excluding hydrogens is 270 g/mol. The second-order valence-corrected chi connectivity index (χ2v) is 7.00. The lowest BCUT2D eigenvalue weighted by atomic mass is 9.78. The van der Waals surface area contributed by atoms with E-state index in [4.69, 9.17) is 0 Å². The summed E-state index contributed by atoms with van der Waals surface area (Å²) >= 11 is 1.75. The molecule has 0 aliphatic carbocycles. The maximum absolute atomic E-state index is 11.7. The van der Waals surface area contributed by atoms with E-state index in [2.05, 4.69) is 29.0 Å². The van der Waals surface area contributed by atoms with Crippen molar-refractivity contribution in [1.82, 2.24) is 15.2 Å². The molecule has 2 aliphatic heterocycles. The Morgan fingerprint density at radius 1 is 1.55 bits per heavy atom. The van der Waals surface area contributed by atoms with Crippen molar-refractivity contribution < 1.29 is 4.79 Å². The van der Waals surface area contributed by atoms with Gasteiger partial charge >= 0.3 is 0 Å². The molecular formula is C15H23N3OS. The minimum absolute atomic E-state index is 0.0304. The van der Waals surface area contributed by atoms with Crippen molar-refractivity contribution in [2.45, 2.75) is 64.1 Å². The maximum atomic E-state index is 11.7. The monoisotopic (exact) mass is 293 g/mol. The molecule has 2 aliphatic rings. The van der Waals surface area contributed by atoms with E-state index >= 15 is 0 Å². The van der Waals surface area contributed by atoms with Gasteiger partial charge in [-0.1, -0.05) is 6.92 Å². The van der Waals surface area contributed by atoms with Gasteiger partial charge in [0.25, 0.3) is 0 Å². The van der Waals surface area contributed by atoms with Crippen LogP contribution in [-0.4, -0.2) is 33.9 Å². The Balaban J connectivity index is 1.80. The number of hydrogen-bond acceptors (Lipinski definition) is 4. The van der Waals surface area contributed by atoms with Crippen LogP contribution in [0.3, 0.4) is 0 Å². The normalized spacial score (nSPS) is 30.9. The highest BCUT2D eigenvalue weighted by Gasteiger charge is 2.47. The number of aromatic nitrogens is 1. The molecule has 5 heteroatoms. The first-order valence-electron chi connectivity index (χ1n) is 7.58. The minimum Gasteiger partial charge on any atom is -0.349 e. The van der Waals surface area contributed by atoms with E-state index < -0.39 is 0 Å². The molecule has 3 rings (SSSR count). The number of hydrogen-bond donors (Lipinski definition) is 1.